The Morgan fingerprint density at radius 2 is 2.03 bits per heavy atom. The van der Waals surface area contributed by atoms with Gasteiger partial charge in [-0.15, -0.1) is 0 Å². The highest BCUT2D eigenvalue weighted by Gasteiger charge is 2.37. The zero-order valence-electron chi connectivity index (χ0n) is 19.0. The second kappa shape index (κ2) is 8.77. The number of aromatic nitrogens is 3. The molecule has 1 atom stereocenters. The third-order valence-electron chi connectivity index (χ3n) is 6.27. The summed E-state index contributed by atoms with van der Waals surface area (Å²) in [5.74, 6) is -0.144. The van der Waals surface area contributed by atoms with Gasteiger partial charge in [-0.2, -0.15) is 0 Å². The first kappa shape index (κ1) is 22.3. The smallest absolute Gasteiger partial charge is 0.269 e. The van der Waals surface area contributed by atoms with E-state index in [1.165, 1.54) is 22.8 Å². The average Bonchev–Trinajstić information content (AvgIpc) is 3.32. The van der Waals surface area contributed by atoms with Crippen LogP contribution in [0.15, 0.2) is 43.0 Å². The first-order valence-corrected chi connectivity index (χ1v) is 13.5. The molecule has 0 aliphatic heterocycles. The lowest BCUT2D eigenvalue weighted by molar-refractivity contribution is 0.0911. The third kappa shape index (κ3) is 5.02. The SMILES string of the molecule is Cn1cc(CC[C@H](CO[Si](C)(C)C(C)(C)C)NC(=O)c2cnc[nH]2)c2ccccc21. The predicted octanol–water partition coefficient (Wildman–Crippen LogP) is 4.65. The standard InChI is InChI=1S/C23H34N4O2Si/c1-23(2,3)30(5,6)29-15-18(26-22(28)20-13-24-16-25-20)12-11-17-14-27(4)21-10-8-7-9-19(17)21/h7-10,13-14,16,18H,11-12,15H2,1-6H3,(H,24,25)(H,26,28)/t18-/m1/s1. The number of rotatable bonds is 8. The molecule has 3 rings (SSSR count). The number of benzene rings is 1. The summed E-state index contributed by atoms with van der Waals surface area (Å²) in [5.41, 5.74) is 2.99. The Morgan fingerprint density at radius 3 is 2.70 bits per heavy atom. The molecular formula is C23H34N4O2Si. The fraction of sp³-hybridized carbons (Fsp3) is 0.478. The number of nitrogens with zero attached hydrogens (tertiary/aromatic N) is 2. The number of aromatic amines is 1. The molecule has 1 aromatic carbocycles. The minimum atomic E-state index is -1.91. The molecule has 2 N–H and O–H groups in total. The highest BCUT2D eigenvalue weighted by Crippen LogP contribution is 2.36. The number of aryl methyl sites for hydroxylation is 2. The van der Waals surface area contributed by atoms with Gasteiger partial charge in [0.2, 0.25) is 0 Å². The second-order valence-corrected chi connectivity index (χ2v) is 14.3. The molecule has 30 heavy (non-hydrogen) atoms. The molecule has 3 aromatic rings. The van der Waals surface area contributed by atoms with Crippen molar-refractivity contribution in [1.29, 1.82) is 0 Å². The van der Waals surface area contributed by atoms with Gasteiger partial charge in [-0.1, -0.05) is 39.0 Å². The van der Waals surface area contributed by atoms with E-state index in [1.807, 2.05) is 0 Å². The number of amides is 1. The monoisotopic (exact) mass is 426 g/mol. The number of para-hydroxylation sites is 1. The Kier molecular flexibility index (Phi) is 6.52. The summed E-state index contributed by atoms with van der Waals surface area (Å²) in [6.45, 7) is 11.7. The van der Waals surface area contributed by atoms with Crippen molar-refractivity contribution >= 4 is 25.1 Å². The van der Waals surface area contributed by atoms with Crippen molar-refractivity contribution in [2.75, 3.05) is 6.61 Å². The number of fused-ring (bicyclic) bond motifs is 1. The maximum Gasteiger partial charge on any atom is 0.269 e. The number of hydrogen-bond donors (Lipinski definition) is 2. The van der Waals surface area contributed by atoms with E-state index in [0.29, 0.717) is 12.3 Å². The fourth-order valence-corrected chi connectivity index (χ4v) is 4.37. The van der Waals surface area contributed by atoms with Crippen molar-refractivity contribution in [1.82, 2.24) is 19.9 Å². The van der Waals surface area contributed by atoms with Crippen LogP contribution in [0.3, 0.4) is 0 Å². The normalized spacial score (nSPS) is 13.5. The van der Waals surface area contributed by atoms with Gasteiger partial charge in [0.15, 0.2) is 8.32 Å². The quantitative estimate of drug-likeness (QED) is 0.515. The van der Waals surface area contributed by atoms with Crippen molar-refractivity contribution in [2.24, 2.45) is 7.05 Å². The van der Waals surface area contributed by atoms with Crippen LogP contribution in [0.5, 0.6) is 0 Å². The van der Waals surface area contributed by atoms with Crippen LogP contribution < -0.4 is 5.32 Å². The molecule has 0 aliphatic rings. The van der Waals surface area contributed by atoms with Crippen molar-refractivity contribution in [3.8, 4) is 0 Å². The predicted molar refractivity (Wildman–Crippen MR) is 124 cm³/mol. The van der Waals surface area contributed by atoms with E-state index in [4.69, 9.17) is 4.43 Å². The Labute approximate surface area is 180 Å². The van der Waals surface area contributed by atoms with Gasteiger partial charge in [-0.25, -0.2) is 4.98 Å². The van der Waals surface area contributed by atoms with E-state index in [-0.39, 0.29) is 17.0 Å². The summed E-state index contributed by atoms with van der Waals surface area (Å²) < 4.78 is 8.61. The van der Waals surface area contributed by atoms with Gasteiger partial charge in [0.05, 0.1) is 25.2 Å². The van der Waals surface area contributed by atoms with Gasteiger partial charge in [0.1, 0.15) is 5.69 Å². The molecule has 0 spiro atoms. The van der Waals surface area contributed by atoms with Crippen LogP contribution in [-0.4, -0.2) is 41.4 Å². The summed E-state index contributed by atoms with van der Waals surface area (Å²) in [7, 11) is 0.165. The topological polar surface area (TPSA) is 71.9 Å². The summed E-state index contributed by atoms with van der Waals surface area (Å²) in [5, 5.41) is 4.54. The zero-order chi connectivity index (χ0) is 21.9. The second-order valence-electron chi connectivity index (χ2n) is 9.53. The molecule has 2 heterocycles. The first-order valence-electron chi connectivity index (χ1n) is 10.5. The number of H-pyrrole nitrogens is 1. The van der Waals surface area contributed by atoms with E-state index in [1.54, 1.807) is 6.20 Å². The van der Waals surface area contributed by atoms with Gasteiger partial charge >= 0.3 is 0 Å². The van der Waals surface area contributed by atoms with Crippen LogP contribution in [0.4, 0.5) is 0 Å². The highest BCUT2D eigenvalue weighted by molar-refractivity contribution is 6.74. The number of nitrogens with one attached hydrogen (secondary N) is 2. The van der Waals surface area contributed by atoms with Crippen molar-refractivity contribution in [2.45, 2.75) is 57.8 Å². The van der Waals surface area contributed by atoms with E-state index in [0.717, 1.165) is 12.8 Å². The van der Waals surface area contributed by atoms with Crippen LogP contribution in [-0.2, 0) is 17.9 Å². The van der Waals surface area contributed by atoms with Gasteiger partial charge in [-0.05, 0) is 42.6 Å². The molecule has 6 nitrogen and oxygen atoms in total. The molecule has 1 amide bonds. The molecule has 0 unspecified atom stereocenters. The number of hydrogen-bond acceptors (Lipinski definition) is 3. The summed E-state index contributed by atoms with van der Waals surface area (Å²) in [6, 6.07) is 8.36. The molecule has 7 heteroatoms. The lowest BCUT2D eigenvalue weighted by atomic mass is 10.0. The van der Waals surface area contributed by atoms with Crippen LogP contribution in [0, 0.1) is 0 Å². The van der Waals surface area contributed by atoms with Gasteiger partial charge in [0, 0.05) is 24.1 Å². The van der Waals surface area contributed by atoms with Gasteiger partial charge in [-0.3, -0.25) is 4.79 Å². The van der Waals surface area contributed by atoms with E-state index in [9.17, 15) is 4.79 Å². The Bertz CT molecular complexity index is 986. The van der Waals surface area contributed by atoms with Crippen molar-refractivity contribution in [3.63, 3.8) is 0 Å². The van der Waals surface area contributed by atoms with Gasteiger partial charge in [0.25, 0.3) is 5.91 Å². The Balaban J connectivity index is 1.73. The number of carbonyl (C=O) groups is 1. The molecule has 0 aliphatic carbocycles. The molecule has 0 saturated carbocycles. The van der Waals surface area contributed by atoms with Crippen LogP contribution in [0.2, 0.25) is 18.1 Å². The lowest BCUT2D eigenvalue weighted by Gasteiger charge is -2.37. The van der Waals surface area contributed by atoms with Gasteiger partial charge < -0.3 is 19.3 Å². The Hall–Kier alpha value is -2.38. The van der Waals surface area contributed by atoms with Crippen molar-refractivity contribution < 1.29 is 9.22 Å². The summed E-state index contributed by atoms with van der Waals surface area (Å²) in [6.07, 6.45) is 6.93. The molecule has 0 fully saturated rings. The highest BCUT2D eigenvalue weighted by atomic mass is 28.4. The minimum absolute atomic E-state index is 0.0751. The average molecular weight is 427 g/mol. The summed E-state index contributed by atoms with van der Waals surface area (Å²) in [4.78, 5) is 19.5. The molecule has 0 radical (unpaired) electrons. The number of imidazole rings is 1. The third-order valence-corrected chi connectivity index (χ3v) is 10.8. The maximum absolute atomic E-state index is 12.6. The molecular weight excluding hydrogens is 392 g/mol. The largest absolute Gasteiger partial charge is 0.415 e. The lowest BCUT2D eigenvalue weighted by Crippen LogP contribution is -2.46. The van der Waals surface area contributed by atoms with E-state index in [2.05, 4.69) is 91.2 Å². The molecule has 0 bridgehead atoms. The van der Waals surface area contributed by atoms with E-state index < -0.39 is 8.32 Å². The molecule has 2 aromatic heterocycles. The Morgan fingerprint density at radius 1 is 1.30 bits per heavy atom. The molecule has 162 valence electrons. The number of carbonyl (C=O) groups excluding carboxylic acids is 1. The zero-order valence-corrected chi connectivity index (χ0v) is 20.0. The first-order chi connectivity index (χ1) is 14.1. The van der Waals surface area contributed by atoms with Crippen molar-refractivity contribution in [3.05, 3.63) is 54.2 Å². The van der Waals surface area contributed by atoms with E-state index >= 15 is 0 Å². The van der Waals surface area contributed by atoms with Crippen LogP contribution in [0.25, 0.3) is 10.9 Å². The maximum atomic E-state index is 12.6. The molecule has 0 saturated heterocycles. The fourth-order valence-electron chi connectivity index (χ4n) is 3.32. The van der Waals surface area contributed by atoms with Crippen LogP contribution in [0.1, 0.15) is 43.2 Å². The van der Waals surface area contributed by atoms with Crippen LogP contribution >= 0.6 is 0 Å². The summed E-state index contributed by atoms with van der Waals surface area (Å²) >= 11 is 0. The minimum Gasteiger partial charge on any atom is -0.415 e.